The van der Waals surface area contributed by atoms with Crippen LogP contribution in [0.1, 0.15) is 65.7 Å². The van der Waals surface area contributed by atoms with E-state index >= 15 is 0 Å². The van der Waals surface area contributed by atoms with Gasteiger partial charge in [-0.3, -0.25) is 4.74 Å². The fraction of sp³-hybridized carbons (Fsp3) is 0.765. The first kappa shape index (κ1) is 16.8. The minimum Gasteiger partial charge on any atom is -0.272 e. The van der Waals surface area contributed by atoms with Gasteiger partial charge in [0.05, 0.1) is 0 Å². The standard InChI is InChI=1S/C17H32NP/c1-4-7-14-19(15-8-5-2,16-9-6-3)18-17-12-10-11-13-17/h10-12H,4-9,13-16H2,1-3H3. The second kappa shape index (κ2) is 9.59. The van der Waals surface area contributed by atoms with Crippen LogP contribution in [-0.2, 0) is 0 Å². The Morgan fingerprint density at radius 3 is 1.84 bits per heavy atom. The summed E-state index contributed by atoms with van der Waals surface area (Å²) in [6.45, 7) is 6.93. The van der Waals surface area contributed by atoms with Crippen LogP contribution < -0.4 is 0 Å². The first-order chi connectivity index (χ1) is 9.26. The van der Waals surface area contributed by atoms with E-state index < -0.39 is 7.05 Å². The van der Waals surface area contributed by atoms with Crippen molar-refractivity contribution in [3.63, 3.8) is 0 Å². The summed E-state index contributed by atoms with van der Waals surface area (Å²) < 4.78 is 5.33. The van der Waals surface area contributed by atoms with Crippen molar-refractivity contribution in [2.75, 3.05) is 18.5 Å². The molecule has 1 aliphatic carbocycles. The molecule has 1 aliphatic rings. The van der Waals surface area contributed by atoms with Gasteiger partial charge >= 0.3 is 0 Å². The maximum absolute atomic E-state index is 5.33. The van der Waals surface area contributed by atoms with E-state index in [4.69, 9.17) is 4.74 Å². The minimum atomic E-state index is -1.08. The van der Waals surface area contributed by atoms with Crippen molar-refractivity contribution in [1.82, 2.24) is 0 Å². The highest BCUT2D eigenvalue weighted by molar-refractivity contribution is 7.66. The van der Waals surface area contributed by atoms with Gasteiger partial charge in [-0.25, -0.2) is 0 Å². The quantitative estimate of drug-likeness (QED) is 0.409. The van der Waals surface area contributed by atoms with Gasteiger partial charge in [-0.2, -0.15) is 0 Å². The third kappa shape index (κ3) is 6.13. The first-order valence-electron chi connectivity index (χ1n) is 8.21. The summed E-state index contributed by atoms with van der Waals surface area (Å²) in [5, 5.41) is 0. The molecule has 0 aromatic carbocycles. The highest BCUT2D eigenvalue weighted by Crippen LogP contribution is 2.53. The highest BCUT2D eigenvalue weighted by Gasteiger charge is 2.19. The van der Waals surface area contributed by atoms with Crippen molar-refractivity contribution in [1.29, 1.82) is 0 Å². The molecule has 0 atom stereocenters. The topological polar surface area (TPSA) is 12.4 Å². The van der Waals surface area contributed by atoms with Crippen molar-refractivity contribution in [2.45, 2.75) is 65.7 Å². The van der Waals surface area contributed by atoms with E-state index in [9.17, 15) is 0 Å². The van der Waals surface area contributed by atoms with Crippen LogP contribution in [0.15, 0.2) is 28.7 Å². The molecule has 0 amide bonds. The third-order valence-corrected chi connectivity index (χ3v) is 8.00. The zero-order valence-corrected chi connectivity index (χ0v) is 14.1. The fourth-order valence-electron chi connectivity index (χ4n) is 2.63. The maximum atomic E-state index is 5.33. The molecule has 0 N–H and O–H groups in total. The zero-order chi connectivity index (χ0) is 14.0. The molecule has 110 valence electrons. The van der Waals surface area contributed by atoms with Gasteiger partial charge in [0, 0.05) is 12.1 Å². The van der Waals surface area contributed by atoms with Gasteiger partial charge in [0.2, 0.25) is 0 Å². The predicted molar refractivity (Wildman–Crippen MR) is 90.5 cm³/mol. The molecular weight excluding hydrogens is 249 g/mol. The average Bonchev–Trinajstić information content (AvgIpc) is 2.93. The van der Waals surface area contributed by atoms with Crippen LogP contribution >= 0.6 is 7.05 Å². The number of allylic oxidation sites excluding steroid dienone is 3. The molecule has 2 heteroatoms. The lowest BCUT2D eigenvalue weighted by atomic mass is 10.4. The van der Waals surface area contributed by atoms with Crippen LogP contribution in [0.4, 0.5) is 0 Å². The van der Waals surface area contributed by atoms with E-state index in [1.807, 2.05) is 0 Å². The van der Waals surface area contributed by atoms with Gasteiger partial charge in [0.25, 0.3) is 0 Å². The Balaban J connectivity index is 2.86. The smallest absolute Gasteiger partial charge is 0.0425 e. The lowest BCUT2D eigenvalue weighted by Gasteiger charge is -2.25. The largest absolute Gasteiger partial charge is 0.272 e. The molecule has 0 saturated heterocycles. The predicted octanol–water partition coefficient (Wildman–Crippen LogP) is 6.43. The Morgan fingerprint density at radius 1 is 0.947 bits per heavy atom. The van der Waals surface area contributed by atoms with Crippen LogP contribution in [0.3, 0.4) is 0 Å². The first-order valence-corrected chi connectivity index (χ1v) is 10.5. The lowest BCUT2D eigenvalue weighted by Crippen LogP contribution is -2.02. The molecule has 0 unspecified atom stereocenters. The molecule has 1 nitrogen and oxygen atoms in total. The van der Waals surface area contributed by atoms with Crippen LogP contribution in [0.5, 0.6) is 0 Å². The molecule has 0 aromatic heterocycles. The van der Waals surface area contributed by atoms with E-state index in [1.54, 1.807) is 0 Å². The monoisotopic (exact) mass is 281 g/mol. The molecule has 0 radical (unpaired) electrons. The van der Waals surface area contributed by atoms with E-state index in [0.29, 0.717) is 0 Å². The summed E-state index contributed by atoms with van der Waals surface area (Å²) in [6, 6.07) is 0. The van der Waals surface area contributed by atoms with Crippen LogP contribution in [0.2, 0.25) is 0 Å². The average molecular weight is 281 g/mol. The van der Waals surface area contributed by atoms with Crippen LogP contribution in [0, 0.1) is 0 Å². The van der Waals surface area contributed by atoms with Crippen LogP contribution in [0.25, 0.3) is 0 Å². The van der Waals surface area contributed by atoms with Crippen molar-refractivity contribution in [3.8, 4) is 0 Å². The van der Waals surface area contributed by atoms with E-state index in [-0.39, 0.29) is 0 Å². The van der Waals surface area contributed by atoms with Gasteiger partial charge in [0.15, 0.2) is 0 Å². The number of hydrogen-bond donors (Lipinski definition) is 0. The molecule has 19 heavy (non-hydrogen) atoms. The molecule has 0 heterocycles. The van der Waals surface area contributed by atoms with Gasteiger partial charge in [-0.05, 0) is 50.9 Å². The summed E-state index contributed by atoms with van der Waals surface area (Å²) in [5.74, 6) is 0. The normalized spacial score (nSPS) is 14.8. The molecule has 0 aromatic rings. The number of hydrogen-bond acceptors (Lipinski definition) is 1. The van der Waals surface area contributed by atoms with Gasteiger partial charge in [0.1, 0.15) is 0 Å². The Bertz CT molecular complexity index is 324. The highest BCUT2D eigenvalue weighted by atomic mass is 31.2. The number of rotatable bonds is 10. The Labute approximate surface area is 120 Å². The summed E-state index contributed by atoms with van der Waals surface area (Å²) >= 11 is 0. The fourth-order valence-corrected chi connectivity index (χ4v) is 7.00. The second-order valence-electron chi connectivity index (χ2n) is 5.72. The van der Waals surface area contributed by atoms with Crippen molar-refractivity contribution in [2.24, 2.45) is 4.74 Å². The maximum Gasteiger partial charge on any atom is 0.0425 e. The van der Waals surface area contributed by atoms with Crippen molar-refractivity contribution >= 4 is 7.05 Å². The summed E-state index contributed by atoms with van der Waals surface area (Å²) in [5.41, 5.74) is 1.36. The SMILES string of the molecule is CCCCP(CCCC)(CCCC)=NC1=CC=CC1. The lowest BCUT2D eigenvalue weighted by molar-refractivity contribution is 0.839. The van der Waals surface area contributed by atoms with Gasteiger partial charge in [-0.1, -0.05) is 52.2 Å². The van der Waals surface area contributed by atoms with Crippen molar-refractivity contribution in [3.05, 3.63) is 23.9 Å². The van der Waals surface area contributed by atoms with E-state index in [2.05, 4.69) is 39.0 Å². The third-order valence-electron chi connectivity index (χ3n) is 3.88. The van der Waals surface area contributed by atoms with E-state index in [0.717, 1.165) is 6.42 Å². The Kier molecular flexibility index (Phi) is 8.46. The molecule has 0 bridgehead atoms. The second-order valence-corrected chi connectivity index (χ2v) is 9.45. The Morgan fingerprint density at radius 2 is 1.47 bits per heavy atom. The molecular formula is C17H32NP. The zero-order valence-electron chi connectivity index (χ0n) is 13.2. The van der Waals surface area contributed by atoms with Gasteiger partial charge < -0.3 is 0 Å². The Hall–Kier alpha value is -0.290. The number of unbranched alkanes of at least 4 members (excludes halogenated alkanes) is 3. The minimum absolute atomic E-state index is 1.08. The molecule has 0 spiro atoms. The van der Waals surface area contributed by atoms with Crippen molar-refractivity contribution < 1.29 is 0 Å². The van der Waals surface area contributed by atoms with Crippen LogP contribution in [-0.4, -0.2) is 18.5 Å². The molecule has 0 saturated carbocycles. The summed E-state index contributed by atoms with van der Waals surface area (Å²) in [4.78, 5) is 0. The molecule has 0 fully saturated rings. The molecule has 0 aliphatic heterocycles. The summed E-state index contributed by atoms with van der Waals surface area (Å²) in [7, 11) is -1.08. The summed E-state index contributed by atoms with van der Waals surface area (Å²) in [6.07, 6.45) is 19.9. The number of nitrogens with zero attached hydrogens (tertiary/aromatic N) is 1. The van der Waals surface area contributed by atoms with E-state index in [1.165, 1.54) is 62.7 Å². The molecule has 1 rings (SSSR count). The van der Waals surface area contributed by atoms with Gasteiger partial charge in [-0.15, -0.1) is 0 Å².